The summed E-state index contributed by atoms with van der Waals surface area (Å²) in [5.74, 6) is 0.384. The van der Waals surface area contributed by atoms with Crippen molar-refractivity contribution >= 4 is 24.2 Å². The third kappa shape index (κ3) is 6.10. The highest BCUT2D eigenvalue weighted by Crippen LogP contribution is 2.11. The molecule has 2 aliphatic rings. The van der Waals surface area contributed by atoms with Gasteiger partial charge in [-0.15, -0.1) is 12.4 Å². The van der Waals surface area contributed by atoms with Crippen molar-refractivity contribution in [1.82, 2.24) is 20.4 Å². The van der Waals surface area contributed by atoms with Gasteiger partial charge in [-0.2, -0.15) is 0 Å². The summed E-state index contributed by atoms with van der Waals surface area (Å²) in [7, 11) is 0. The van der Waals surface area contributed by atoms with Crippen molar-refractivity contribution in [3.8, 4) is 0 Å². The van der Waals surface area contributed by atoms with Crippen LogP contribution in [0, 0.1) is 0 Å². The van der Waals surface area contributed by atoms with Crippen molar-refractivity contribution in [3.05, 3.63) is 0 Å². The molecule has 2 fully saturated rings. The minimum atomic E-state index is 0. The highest BCUT2D eigenvalue weighted by atomic mass is 35.5. The standard InChI is InChI=1S/C15H28N4O2.ClH/c1-2-14(20)17-13-4-3-8-18(12-13)9-5-15(21)19-10-6-16-7-11-19;/h13,16H,2-12H2,1H3,(H,17,20);1H. The van der Waals surface area contributed by atoms with E-state index in [4.69, 9.17) is 0 Å². The van der Waals surface area contributed by atoms with E-state index in [1.54, 1.807) is 0 Å². The Kier molecular flexibility index (Phi) is 8.75. The highest BCUT2D eigenvalue weighted by molar-refractivity contribution is 5.85. The number of likely N-dealkylation sites (tertiary alicyclic amines) is 1. The lowest BCUT2D eigenvalue weighted by Crippen LogP contribution is -2.49. The van der Waals surface area contributed by atoms with E-state index >= 15 is 0 Å². The van der Waals surface area contributed by atoms with Gasteiger partial charge in [0.25, 0.3) is 0 Å². The zero-order chi connectivity index (χ0) is 15.1. The van der Waals surface area contributed by atoms with Crippen LogP contribution in [0.1, 0.15) is 32.6 Å². The van der Waals surface area contributed by atoms with Crippen LogP contribution in [0.2, 0.25) is 0 Å². The number of halogens is 1. The Morgan fingerprint density at radius 1 is 1.23 bits per heavy atom. The second-order valence-corrected chi connectivity index (χ2v) is 5.94. The predicted octanol–water partition coefficient (Wildman–Crippen LogP) is 0.221. The van der Waals surface area contributed by atoms with Crippen LogP contribution < -0.4 is 10.6 Å². The molecule has 0 radical (unpaired) electrons. The molecule has 2 saturated heterocycles. The second kappa shape index (κ2) is 10.0. The van der Waals surface area contributed by atoms with Crippen LogP contribution in [0.4, 0.5) is 0 Å². The van der Waals surface area contributed by atoms with Crippen molar-refractivity contribution in [2.75, 3.05) is 45.8 Å². The van der Waals surface area contributed by atoms with Crippen LogP contribution in [-0.2, 0) is 9.59 Å². The number of rotatable bonds is 5. The quantitative estimate of drug-likeness (QED) is 0.756. The van der Waals surface area contributed by atoms with Gasteiger partial charge in [-0.25, -0.2) is 0 Å². The molecule has 128 valence electrons. The van der Waals surface area contributed by atoms with Gasteiger partial charge < -0.3 is 20.4 Å². The number of piperidine rings is 1. The lowest BCUT2D eigenvalue weighted by atomic mass is 10.1. The average molecular weight is 333 g/mol. The lowest BCUT2D eigenvalue weighted by molar-refractivity contribution is -0.132. The molecule has 2 N–H and O–H groups in total. The van der Waals surface area contributed by atoms with Crippen LogP contribution in [0.25, 0.3) is 0 Å². The van der Waals surface area contributed by atoms with Crippen molar-refractivity contribution in [2.24, 2.45) is 0 Å². The van der Waals surface area contributed by atoms with Gasteiger partial charge in [0.05, 0.1) is 0 Å². The van der Waals surface area contributed by atoms with Crippen LogP contribution in [0.3, 0.4) is 0 Å². The molecule has 2 amide bonds. The highest BCUT2D eigenvalue weighted by Gasteiger charge is 2.22. The monoisotopic (exact) mass is 332 g/mol. The van der Waals surface area contributed by atoms with E-state index in [0.29, 0.717) is 12.8 Å². The van der Waals surface area contributed by atoms with E-state index in [-0.39, 0.29) is 30.3 Å². The van der Waals surface area contributed by atoms with Gasteiger partial charge in [0.1, 0.15) is 0 Å². The minimum absolute atomic E-state index is 0. The van der Waals surface area contributed by atoms with E-state index in [9.17, 15) is 9.59 Å². The molecule has 0 spiro atoms. The number of nitrogens with zero attached hydrogens (tertiary/aromatic N) is 2. The molecule has 0 aromatic heterocycles. The molecule has 0 aliphatic carbocycles. The van der Waals surface area contributed by atoms with Gasteiger partial charge in [-0.1, -0.05) is 6.92 Å². The molecule has 6 nitrogen and oxygen atoms in total. The molecular weight excluding hydrogens is 304 g/mol. The Morgan fingerprint density at radius 3 is 2.64 bits per heavy atom. The van der Waals surface area contributed by atoms with Crippen molar-refractivity contribution in [2.45, 2.75) is 38.6 Å². The number of carbonyl (C=O) groups excluding carboxylic acids is 2. The fraction of sp³-hybridized carbons (Fsp3) is 0.867. The number of hydrogen-bond acceptors (Lipinski definition) is 4. The Balaban J connectivity index is 0.00000242. The molecule has 0 saturated carbocycles. The zero-order valence-electron chi connectivity index (χ0n) is 13.5. The summed E-state index contributed by atoms with van der Waals surface area (Å²) in [5, 5.41) is 6.33. The van der Waals surface area contributed by atoms with Crippen molar-refractivity contribution < 1.29 is 9.59 Å². The van der Waals surface area contributed by atoms with Gasteiger partial charge in [-0.05, 0) is 19.4 Å². The first-order valence-electron chi connectivity index (χ1n) is 8.19. The van der Waals surface area contributed by atoms with E-state index in [0.717, 1.165) is 58.7 Å². The summed E-state index contributed by atoms with van der Waals surface area (Å²) in [6.07, 6.45) is 3.27. The largest absolute Gasteiger partial charge is 0.352 e. The Bertz CT molecular complexity index is 361. The van der Waals surface area contributed by atoms with Crippen LogP contribution in [-0.4, -0.2) is 73.5 Å². The third-order valence-corrected chi connectivity index (χ3v) is 4.30. The molecule has 22 heavy (non-hydrogen) atoms. The Labute approximate surface area is 139 Å². The molecule has 0 bridgehead atoms. The minimum Gasteiger partial charge on any atom is -0.352 e. The molecule has 2 rings (SSSR count). The summed E-state index contributed by atoms with van der Waals surface area (Å²) in [5.41, 5.74) is 0. The number of hydrogen-bond donors (Lipinski definition) is 2. The molecule has 2 aliphatic heterocycles. The maximum absolute atomic E-state index is 12.1. The molecule has 0 aromatic carbocycles. The van der Waals surface area contributed by atoms with E-state index < -0.39 is 0 Å². The first-order valence-corrected chi connectivity index (χ1v) is 8.19. The second-order valence-electron chi connectivity index (χ2n) is 5.94. The van der Waals surface area contributed by atoms with Gasteiger partial charge in [0, 0.05) is 58.2 Å². The van der Waals surface area contributed by atoms with Gasteiger partial charge in [0.2, 0.25) is 11.8 Å². The van der Waals surface area contributed by atoms with Crippen molar-refractivity contribution in [3.63, 3.8) is 0 Å². The number of nitrogens with one attached hydrogen (secondary N) is 2. The normalized spacial score (nSPS) is 22.8. The predicted molar refractivity (Wildman–Crippen MR) is 89.2 cm³/mol. The van der Waals surface area contributed by atoms with Crippen LogP contribution in [0.15, 0.2) is 0 Å². The number of piperazine rings is 1. The molecule has 1 atom stereocenters. The summed E-state index contributed by atoms with van der Waals surface area (Å²) in [4.78, 5) is 27.9. The fourth-order valence-corrected chi connectivity index (χ4v) is 3.03. The fourth-order valence-electron chi connectivity index (χ4n) is 3.03. The Morgan fingerprint density at radius 2 is 1.95 bits per heavy atom. The summed E-state index contributed by atoms with van der Waals surface area (Å²) in [6.45, 7) is 8.06. The van der Waals surface area contributed by atoms with E-state index in [1.165, 1.54) is 0 Å². The van der Waals surface area contributed by atoms with Gasteiger partial charge >= 0.3 is 0 Å². The SMILES string of the molecule is CCC(=O)NC1CCCN(CCC(=O)N2CCNCC2)C1.Cl. The summed E-state index contributed by atoms with van der Waals surface area (Å²) >= 11 is 0. The first-order chi connectivity index (χ1) is 10.2. The van der Waals surface area contributed by atoms with Crippen LogP contribution in [0.5, 0.6) is 0 Å². The molecule has 7 heteroatoms. The lowest BCUT2D eigenvalue weighted by Gasteiger charge is -2.34. The first kappa shape index (κ1) is 19.2. The Hall–Kier alpha value is -0.850. The number of carbonyl (C=O) groups is 2. The third-order valence-electron chi connectivity index (χ3n) is 4.30. The zero-order valence-corrected chi connectivity index (χ0v) is 14.3. The topological polar surface area (TPSA) is 64.7 Å². The van der Waals surface area contributed by atoms with E-state index in [2.05, 4.69) is 15.5 Å². The maximum atomic E-state index is 12.1. The maximum Gasteiger partial charge on any atom is 0.223 e. The average Bonchev–Trinajstić information content (AvgIpc) is 2.53. The van der Waals surface area contributed by atoms with Gasteiger partial charge in [0.15, 0.2) is 0 Å². The van der Waals surface area contributed by atoms with Gasteiger partial charge in [-0.3, -0.25) is 9.59 Å². The summed E-state index contributed by atoms with van der Waals surface area (Å²) < 4.78 is 0. The van der Waals surface area contributed by atoms with Crippen LogP contribution >= 0.6 is 12.4 Å². The summed E-state index contributed by atoms with van der Waals surface area (Å²) in [6, 6.07) is 0.250. The molecule has 2 heterocycles. The van der Waals surface area contributed by atoms with E-state index in [1.807, 2.05) is 11.8 Å². The molecule has 1 unspecified atom stereocenters. The number of amides is 2. The molecular formula is C15H29ClN4O2. The molecule has 0 aromatic rings. The smallest absolute Gasteiger partial charge is 0.223 e. The van der Waals surface area contributed by atoms with Crippen molar-refractivity contribution in [1.29, 1.82) is 0 Å².